The summed E-state index contributed by atoms with van der Waals surface area (Å²) in [4.78, 5) is -0.191. The molecule has 0 heterocycles. The molecule has 8 heteroatoms. The van der Waals surface area contributed by atoms with E-state index in [4.69, 9.17) is 0 Å². The number of benzene rings is 1. The number of halogens is 3. The number of hydrogen-bond donors (Lipinski definition) is 2. The number of alkyl halides is 3. The molecule has 0 radical (unpaired) electrons. The lowest BCUT2D eigenvalue weighted by molar-refractivity contribution is -0.137. The molecule has 0 fully saturated rings. The van der Waals surface area contributed by atoms with Gasteiger partial charge in [-0.25, -0.2) is 13.1 Å². The van der Waals surface area contributed by atoms with Crippen molar-refractivity contribution in [3.63, 3.8) is 0 Å². The van der Waals surface area contributed by atoms with Crippen LogP contribution in [-0.2, 0) is 16.2 Å². The molecule has 108 valence electrons. The first-order chi connectivity index (χ1) is 8.66. The fourth-order valence-corrected chi connectivity index (χ4v) is 2.37. The Hall–Kier alpha value is -1.12. The van der Waals surface area contributed by atoms with E-state index in [9.17, 15) is 21.6 Å². The molecule has 0 spiro atoms. The van der Waals surface area contributed by atoms with Gasteiger partial charge in [-0.3, -0.25) is 0 Å². The van der Waals surface area contributed by atoms with Crippen LogP contribution in [0.4, 0.5) is 13.2 Å². The Morgan fingerprint density at radius 1 is 1.21 bits per heavy atom. The highest BCUT2D eigenvalue weighted by molar-refractivity contribution is 7.89. The maximum Gasteiger partial charge on any atom is 0.416 e. The predicted octanol–water partition coefficient (Wildman–Crippen LogP) is 1.59. The van der Waals surface area contributed by atoms with Crippen LogP contribution in [0, 0.1) is 0 Å². The van der Waals surface area contributed by atoms with Gasteiger partial charge in [-0.2, -0.15) is 13.2 Å². The van der Waals surface area contributed by atoms with Gasteiger partial charge in [0.2, 0.25) is 10.0 Å². The topological polar surface area (TPSA) is 58.2 Å². The third-order valence-electron chi connectivity index (χ3n) is 2.56. The molecule has 2 N–H and O–H groups in total. The second-order valence-electron chi connectivity index (χ2n) is 4.06. The fourth-order valence-electron chi connectivity index (χ4n) is 1.24. The first-order valence-corrected chi connectivity index (χ1v) is 6.99. The number of sulfonamides is 1. The number of likely N-dealkylation sites (N-methyl/N-ethyl adjacent to an activating group) is 1. The van der Waals surface area contributed by atoms with Crippen molar-refractivity contribution >= 4 is 10.0 Å². The van der Waals surface area contributed by atoms with Crippen LogP contribution in [0.3, 0.4) is 0 Å². The third kappa shape index (κ3) is 4.48. The van der Waals surface area contributed by atoms with E-state index in [2.05, 4.69) is 10.0 Å². The monoisotopic (exact) mass is 296 g/mol. The predicted molar refractivity (Wildman–Crippen MR) is 65.2 cm³/mol. The molecule has 1 aromatic rings. The Labute approximate surface area is 110 Å². The van der Waals surface area contributed by atoms with Crippen LogP contribution in [0.2, 0.25) is 0 Å². The van der Waals surface area contributed by atoms with Crippen molar-refractivity contribution in [2.24, 2.45) is 0 Å². The van der Waals surface area contributed by atoms with Gasteiger partial charge in [0.05, 0.1) is 10.5 Å². The maximum atomic E-state index is 12.3. The molecule has 0 saturated carbocycles. The number of nitrogens with one attached hydrogen (secondary N) is 2. The molecule has 0 aromatic heterocycles. The van der Waals surface area contributed by atoms with Crippen LogP contribution in [-0.4, -0.2) is 28.1 Å². The molecular formula is C11H15F3N2O2S. The maximum absolute atomic E-state index is 12.3. The summed E-state index contributed by atoms with van der Waals surface area (Å²) in [6.45, 7) is 1.93. The van der Waals surface area contributed by atoms with Crippen molar-refractivity contribution in [3.05, 3.63) is 29.8 Å². The van der Waals surface area contributed by atoms with E-state index < -0.39 is 21.8 Å². The summed E-state index contributed by atoms with van der Waals surface area (Å²) < 4.78 is 62.9. The second-order valence-corrected chi connectivity index (χ2v) is 5.83. The average Bonchev–Trinajstić information content (AvgIpc) is 2.35. The Bertz CT molecular complexity index is 512. The van der Waals surface area contributed by atoms with Crippen LogP contribution in [0.15, 0.2) is 29.2 Å². The minimum absolute atomic E-state index is 0.0794. The SMILES string of the molecule is CNC(C)CNS(=O)(=O)c1ccc(C(F)(F)F)cc1. The standard InChI is InChI=1S/C11H15F3N2O2S/c1-8(15-2)7-16-19(17,18)10-5-3-9(4-6-10)11(12,13)14/h3-6,8,15-16H,7H2,1-2H3. The first kappa shape index (κ1) is 15.9. The van der Waals surface area contributed by atoms with Crippen LogP contribution in [0.25, 0.3) is 0 Å². The summed E-state index contributed by atoms with van der Waals surface area (Å²) in [6, 6.07) is 3.29. The highest BCUT2D eigenvalue weighted by Gasteiger charge is 2.30. The first-order valence-electron chi connectivity index (χ1n) is 5.51. The van der Waals surface area contributed by atoms with E-state index in [1.807, 2.05) is 0 Å². The molecule has 19 heavy (non-hydrogen) atoms. The summed E-state index contributed by atoms with van der Waals surface area (Å²) in [7, 11) is -2.11. The molecule has 0 bridgehead atoms. The summed E-state index contributed by atoms with van der Waals surface area (Å²) in [5, 5.41) is 2.84. The van der Waals surface area contributed by atoms with E-state index in [1.54, 1.807) is 14.0 Å². The Morgan fingerprint density at radius 3 is 2.16 bits per heavy atom. The average molecular weight is 296 g/mol. The normalized spacial score (nSPS) is 14.4. The van der Waals surface area contributed by atoms with E-state index >= 15 is 0 Å². The summed E-state index contributed by atoms with van der Waals surface area (Å²) >= 11 is 0. The quantitative estimate of drug-likeness (QED) is 0.867. The molecule has 1 atom stereocenters. The van der Waals surface area contributed by atoms with Crippen molar-refractivity contribution in [2.75, 3.05) is 13.6 Å². The minimum Gasteiger partial charge on any atom is -0.316 e. The van der Waals surface area contributed by atoms with Gasteiger partial charge >= 0.3 is 6.18 Å². The second kappa shape index (κ2) is 5.89. The Morgan fingerprint density at radius 2 is 1.74 bits per heavy atom. The summed E-state index contributed by atoms with van der Waals surface area (Å²) in [5.74, 6) is 0. The zero-order chi connectivity index (χ0) is 14.7. The van der Waals surface area contributed by atoms with Gasteiger partial charge in [-0.15, -0.1) is 0 Å². The molecule has 0 aliphatic carbocycles. The summed E-state index contributed by atoms with van der Waals surface area (Å²) in [6.07, 6.45) is -4.48. The molecule has 1 unspecified atom stereocenters. The zero-order valence-corrected chi connectivity index (χ0v) is 11.3. The van der Waals surface area contributed by atoms with E-state index in [1.165, 1.54) is 0 Å². The van der Waals surface area contributed by atoms with Gasteiger partial charge in [0.15, 0.2) is 0 Å². The molecule has 0 saturated heterocycles. The van der Waals surface area contributed by atoms with Crippen LogP contribution in [0.1, 0.15) is 12.5 Å². The lowest BCUT2D eigenvalue weighted by Crippen LogP contribution is -2.37. The van der Waals surface area contributed by atoms with Crippen molar-refractivity contribution in [2.45, 2.75) is 24.0 Å². The molecular weight excluding hydrogens is 281 g/mol. The number of rotatable bonds is 5. The molecule has 1 aromatic carbocycles. The van der Waals surface area contributed by atoms with Gasteiger partial charge in [0, 0.05) is 12.6 Å². The largest absolute Gasteiger partial charge is 0.416 e. The lowest BCUT2D eigenvalue weighted by Gasteiger charge is -2.12. The molecule has 0 aliphatic rings. The van der Waals surface area contributed by atoms with Crippen LogP contribution < -0.4 is 10.0 Å². The zero-order valence-electron chi connectivity index (χ0n) is 10.5. The van der Waals surface area contributed by atoms with Crippen molar-refractivity contribution < 1.29 is 21.6 Å². The highest BCUT2D eigenvalue weighted by Crippen LogP contribution is 2.29. The fraction of sp³-hybridized carbons (Fsp3) is 0.455. The molecule has 4 nitrogen and oxygen atoms in total. The van der Waals surface area contributed by atoms with E-state index in [0.29, 0.717) is 0 Å². The highest BCUT2D eigenvalue weighted by atomic mass is 32.2. The van der Waals surface area contributed by atoms with Crippen LogP contribution in [0.5, 0.6) is 0 Å². The van der Waals surface area contributed by atoms with E-state index in [-0.39, 0.29) is 17.5 Å². The summed E-state index contributed by atoms with van der Waals surface area (Å²) in [5.41, 5.74) is -0.880. The third-order valence-corrected chi connectivity index (χ3v) is 4.00. The van der Waals surface area contributed by atoms with Gasteiger partial charge in [0.25, 0.3) is 0 Å². The van der Waals surface area contributed by atoms with Gasteiger partial charge in [-0.05, 0) is 38.2 Å². The Balaban J connectivity index is 2.85. The van der Waals surface area contributed by atoms with Crippen molar-refractivity contribution in [1.82, 2.24) is 10.0 Å². The Kier molecular flexibility index (Phi) is 4.94. The van der Waals surface area contributed by atoms with Gasteiger partial charge in [-0.1, -0.05) is 0 Å². The minimum atomic E-state index is -4.48. The molecule has 0 aliphatic heterocycles. The van der Waals surface area contributed by atoms with E-state index in [0.717, 1.165) is 24.3 Å². The van der Waals surface area contributed by atoms with Gasteiger partial charge < -0.3 is 5.32 Å². The van der Waals surface area contributed by atoms with Crippen molar-refractivity contribution in [1.29, 1.82) is 0 Å². The van der Waals surface area contributed by atoms with Crippen LogP contribution >= 0.6 is 0 Å². The van der Waals surface area contributed by atoms with Crippen molar-refractivity contribution in [3.8, 4) is 0 Å². The molecule has 0 amide bonds. The van der Waals surface area contributed by atoms with Gasteiger partial charge in [0.1, 0.15) is 0 Å². The number of hydrogen-bond acceptors (Lipinski definition) is 3. The smallest absolute Gasteiger partial charge is 0.316 e. The molecule has 1 rings (SSSR count). The lowest BCUT2D eigenvalue weighted by atomic mass is 10.2.